The summed E-state index contributed by atoms with van der Waals surface area (Å²) in [6, 6.07) is 6.02. The molecule has 1 amide bonds. The minimum absolute atomic E-state index is 0.0225. The maximum absolute atomic E-state index is 12.2. The molecule has 22 heavy (non-hydrogen) atoms. The van der Waals surface area contributed by atoms with Crippen molar-refractivity contribution in [2.45, 2.75) is 58.4 Å². The van der Waals surface area contributed by atoms with Crippen LogP contribution in [0.15, 0.2) is 18.2 Å². The molecule has 0 bridgehead atoms. The summed E-state index contributed by atoms with van der Waals surface area (Å²) in [5.41, 5.74) is 8.18. The van der Waals surface area contributed by atoms with Gasteiger partial charge in [-0.25, -0.2) is 0 Å². The maximum atomic E-state index is 12.2. The highest BCUT2D eigenvalue weighted by Gasteiger charge is 2.25. The normalized spacial score (nSPS) is 15.4. The molecule has 1 heterocycles. The number of hydrogen-bond acceptors (Lipinski definition) is 3. The fraction of sp³-hybridized carbons (Fsp3) is 0.611. The maximum Gasteiger partial charge on any atom is 0.265 e. The van der Waals surface area contributed by atoms with Crippen LogP contribution in [0.25, 0.3) is 0 Å². The van der Waals surface area contributed by atoms with Gasteiger partial charge in [0.15, 0.2) is 6.61 Å². The van der Waals surface area contributed by atoms with E-state index in [1.165, 1.54) is 12.8 Å². The number of amides is 1. The van der Waals surface area contributed by atoms with E-state index in [9.17, 15) is 4.79 Å². The minimum atomic E-state index is 0.0225. The Morgan fingerprint density at radius 2 is 2.05 bits per heavy atom. The lowest BCUT2D eigenvalue weighted by Crippen LogP contribution is -2.39. The molecular formula is C18H28N2O2. The molecule has 1 aromatic rings. The van der Waals surface area contributed by atoms with Crippen molar-refractivity contribution in [1.82, 2.24) is 0 Å². The van der Waals surface area contributed by atoms with Crippen molar-refractivity contribution in [3.8, 4) is 5.75 Å². The molecule has 0 fully saturated rings. The number of ether oxygens (including phenoxy) is 1. The van der Waals surface area contributed by atoms with Gasteiger partial charge >= 0.3 is 0 Å². The zero-order valence-electron chi connectivity index (χ0n) is 13.8. The number of unbranched alkanes of at least 4 members (excludes halogenated alkanes) is 3. The first-order valence-corrected chi connectivity index (χ1v) is 8.50. The van der Waals surface area contributed by atoms with Gasteiger partial charge in [-0.15, -0.1) is 0 Å². The first kappa shape index (κ1) is 16.8. The van der Waals surface area contributed by atoms with Gasteiger partial charge in [0.25, 0.3) is 5.91 Å². The second-order valence-corrected chi connectivity index (χ2v) is 6.02. The fourth-order valence-corrected chi connectivity index (χ4v) is 2.87. The highest BCUT2D eigenvalue weighted by molar-refractivity contribution is 5.97. The molecule has 1 aromatic carbocycles. The van der Waals surface area contributed by atoms with E-state index in [0.717, 1.165) is 49.2 Å². The lowest BCUT2D eigenvalue weighted by atomic mass is 10.0. The Hall–Kier alpha value is -1.55. The zero-order chi connectivity index (χ0) is 15.9. The molecule has 1 atom stereocenters. The summed E-state index contributed by atoms with van der Waals surface area (Å²) in [5, 5.41) is 0. The van der Waals surface area contributed by atoms with E-state index in [0.29, 0.717) is 0 Å². The predicted octanol–water partition coefficient (Wildman–Crippen LogP) is 3.79. The molecule has 2 rings (SSSR count). The van der Waals surface area contributed by atoms with E-state index in [1.54, 1.807) is 0 Å². The van der Waals surface area contributed by atoms with Crippen molar-refractivity contribution < 1.29 is 9.53 Å². The van der Waals surface area contributed by atoms with E-state index in [1.807, 2.05) is 23.1 Å². The summed E-state index contributed by atoms with van der Waals surface area (Å²) in [4.78, 5) is 14.1. The van der Waals surface area contributed by atoms with E-state index in [-0.39, 0.29) is 18.6 Å². The number of fused-ring (bicyclic) bond motifs is 1. The van der Waals surface area contributed by atoms with Crippen LogP contribution < -0.4 is 15.4 Å². The number of rotatable bonds is 8. The van der Waals surface area contributed by atoms with Gasteiger partial charge < -0.3 is 15.4 Å². The number of nitrogens with zero attached hydrogens (tertiary/aromatic N) is 1. The standard InChI is InChI=1S/C18H28N2O2/c1-3-5-6-7-11-20-16-12-14(15(19)8-4-2)9-10-17(16)22-13-18(20)21/h9-10,12,15H,3-8,11,13,19H2,1-2H3. The van der Waals surface area contributed by atoms with Gasteiger partial charge in [-0.3, -0.25) is 4.79 Å². The van der Waals surface area contributed by atoms with Crippen molar-refractivity contribution in [3.63, 3.8) is 0 Å². The molecule has 4 heteroatoms. The third kappa shape index (κ3) is 4.01. The number of nitrogens with two attached hydrogens (primary N) is 1. The lowest BCUT2D eigenvalue weighted by molar-refractivity contribution is -0.121. The first-order chi connectivity index (χ1) is 10.7. The van der Waals surface area contributed by atoms with Crippen molar-refractivity contribution >= 4 is 11.6 Å². The van der Waals surface area contributed by atoms with Gasteiger partial charge in [0.1, 0.15) is 5.75 Å². The molecule has 2 N–H and O–H groups in total. The van der Waals surface area contributed by atoms with Gasteiger partial charge in [-0.05, 0) is 30.5 Å². The Balaban J connectivity index is 2.15. The van der Waals surface area contributed by atoms with Crippen LogP contribution in [0.2, 0.25) is 0 Å². The van der Waals surface area contributed by atoms with Crippen LogP contribution in [0.4, 0.5) is 5.69 Å². The summed E-state index contributed by atoms with van der Waals surface area (Å²) in [6.45, 7) is 5.23. The average Bonchev–Trinajstić information content (AvgIpc) is 2.53. The molecule has 1 aliphatic rings. The van der Waals surface area contributed by atoms with Crippen LogP contribution >= 0.6 is 0 Å². The molecule has 0 saturated heterocycles. The molecule has 1 unspecified atom stereocenters. The minimum Gasteiger partial charge on any atom is -0.482 e. The molecule has 0 saturated carbocycles. The van der Waals surface area contributed by atoms with Gasteiger partial charge in [-0.2, -0.15) is 0 Å². The number of carbonyl (C=O) groups is 1. The van der Waals surface area contributed by atoms with E-state index < -0.39 is 0 Å². The first-order valence-electron chi connectivity index (χ1n) is 8.50. The van der Waals surface area contributed by atoms with Crippen LogP contribution in [0.3, 0.4) is 0 Å². The van der Waals surface area contributed by atoms with Gasteiger partial charge in [0.05, 0.1) is 5.69 Å². The number of benzene rings is 1. The summed E-state index contributed by atoms with van der Waals surface area (Å²) < 4.78 is 5.56. The average molecular weight is 304 g/mol. The summed E-state index contributed by atoms with van der Waals surface area (Å²) >= 11 is 0. The molecular weight excluding hydrogens is 276 g/mol. The smallest absolute Gasteiger partial charge is 0.265 e. The Morgan fingerprint density at radius 1 is 1.23 bits per heavy atom. The lowest BCUT2D eigenvalue weighted by Gasteiger charge is -2.30. The highest BCUT2D eigenvalue weighted by Crippen LogP contribution is 2.35. The molecule has 4 nitrogen and oxygen atoms in total. The molecule has 0 aromatic heterocycles. The van der Waals surface area contributed by atoms with E-state index in [4.69, 9.17) is 10.5 Å². The SMILES string of the molecule is CCCCCCN1C(=O)COc2ccc(C(N)CCC)cc21. The van der Waals surface area contributed by atoms with Crippen LogP contribution in [-0.2, 0) is 4.79 Å². The Morgan fingerprint density at radius 3 is 2.77 bits per heavy atom. The van der Waals surface area contributed by atoms with Crippen LogP contribution in [0, 0.1) is 0 Å². The van der Waals surface area contributed by atoms with Crippen molar-refractivity contribution in [3.05, 3.63) is 23.8 Å². The zero-order valence-corrected chi connectivity index (χ0v) is 13.8. The van der Waals surface area contributed by atoms with Gasteiger partial charge in [0, 0.05) is 12.6 Å². The third-order valence-corrected chi connectivity index (χ3v) is 4.19. The summed E-state index contributed by atoms with van der Waals surface area (Å²) in [6.07, 6.45) is 6.60. The second kappa shape index (κ2) is 8.18. The summed E-state index contributed by atoms with van der Waals surface area (Å²) in [7, 11) is 0. The monoisotopic (exact) mass is 304 g/mol. The van der Waals surface area contributed by atoms with Crippen LogP contribution in [0.1, 0.15) is 64.0 Å². The summed E-state index contributed by atoms with van der Waals surface area (Å²) in [5.74, 6) is 0.841. The number of carbonyl (C=O) groups excluding carboxylic acids is 1. The van der Waals surface area contributed by atoms with Crippen molar-refractivity contribution in [2.24, 2.45) is 5.73 Å². The Labute approximate surface area is 133 Å². The highest BCUT2D eigenvalue weighted by atomic mass is 16.5. The fourth-order valence-electron chi connectivity index (χ4n) is 2.87. The largest absolute Gasteiger partial charge is 0.482 e. The number of hydrogen-bond donors (Lipinski definition) is 1. The molecule has 1 aliphatic heterocycles. The third-order valence-electron chi connectivity index (χ3n) is 4.19. The van der Waals surface area contributed by atoms with Crippen molar-refractivity contribution in [1.29, 1.82) is 0 Å². The van der Waals surface area contributed by atoms with Crippen LogP contribution in [0.5, 0.6) is 5.75 Å². The molecule has 122 valence electrons. The van der Waals surface area contributed by atoms with Gasteiger partial charge in [-0.1, -0.05) is 45.6 Å². The molecule has 0 radical (unpaired) electrons. The van der Waals surface area contributed by atoms with Crippen LogP contribution in [-0.4, -0.2) is 19.1 Å². The Bertz CT molecular complexity index is 502. The molecule has 0 spiro atoms. The van der Waals surface area contributed by atoms with Gasteiger partial charge in [0.2, 0.25) is 0 Å². The predicted molar refractivity (Wildman–Crippen MR) is 90.3 cm³/mol. The number of anilines is 1. The topological polar surface area (TPSA) is 55.6 Å². The molecule has 0 aliphatic carbocycles. The Kier molecular flexibility index (Phi) is 6.25. The quantitative estimate of drug-likeness (QED) is 0.743. The van der Waals surface area contributed by atoms with Crippen molar-refractivity contribution in [2.75, 3.05) is 18.1 Å². The van der Waals surface area contributed by atoms with E-state index in [2.05, 4.69) is 13.8 Å². The van der Waals surface area contributed by atoms with E-state index >= 15 is 0 Å². The second-order valence-electron chi connectivity index (χ2n) is 6.02.